The summed E-state index contributed by atoms with van der Waals surface area (Å²) in [5, 5.41) is 0. The lowest BCUT2D eigenvalue weighted by molar-refractivity contribution is -0.118. The highest BCUT2D eigenvalue weighted by atomic mass is 16.1. The average Bonchev–Trinajstić information content (AvgIpc) is 2.93. The van der Waals surface area contributed by atoms with Gasteiger partial charge in [-0.3, -0.25) is 4.79 Å². The minimum absolute atomic E-state index is 0.0699. The van der Waals surface area contributed by atoms with E-state index in [0.29, 0.717) is 13.0 Å². The first-order valence-electron chi connectivity index (χ1n) is 13.1. The Hall–Kier alpha value is -4.11. The maximum absolute atomic E-state index is 13.5. The number of allylic oxidation sites excluding steroid dienone is 1. The summed E-state index contributed by atoms with van der Waals surface area (Å²) in [6.07, 6.45) is 1.40. The Morgan fingerprint density at radius 1 is 0.649 bits per heavy atom. The van der Waals surface area contributed by atoms with Crippen molar-refractivity contribution in [3.05, 3.63) is 132 Å². The van der Waals surface area contributed by atoms with Crippen molar-refractivity contribution in [2.75, 3.05) is 16.3 Å². The zero-order valence-corrected chi connectivity index (χ0v) is 21.5. The summed E-state index contributed by atoms with van der Waals surface area (Å²) < 4.78 is 0. The Balaban J connectivity index is 1.54. The van der Waals surface area contributed by atoms with Crippen LogP contribution < -0.4 is 9.80 Å². The number of hydrogen-bond donors (Lipinski definition) is 0. The van der Waals surface area contributed by atoms with E-state index in [4.69, 9.17) is 0 Å². The number of carbonyl (C=O) groups excluding carboxylic acids is 1. The Morgan fingerprint density at radius 2 is 1.19 bits per heavy atom. The quantitative estimate of drug-likeness (QED) is 0.293. The van der Waals surface area contributed by atoms with Crippen molar-refractivity contribution in [1.82, 2.24) is 0 Å². The third-order valence-electron chi connectivity index (χ3n) is 7.57. The summed E-state index contributed by atoms with van der Waals surface area (Å²) >= 11 is 0. The van der Waals surface area contributed by atoms with Crippen molar-refractivity contribution >= 4 is 17.2 Å². The lowest BCUT2D eigenvalue weighted by Crippen LogP contribution is -2.51. The molecule has 1 aliphatic carbocycles. The minimum Gasteiger partial charge on any atom is -0.342 e. The second-order valence-electron chi connectivity index (χ2n) is 10.9. The lowest BCUT2D eigenvalue weighted by atomic mass is 9.74. The van der Waals surface area contributed by atoms with E-state index >= 15 is 0 Å². The number of rotatable bonds is 4. The molecule has 0 aromatic heterocycles. The summed E-state index contributed by atoms with van der Waals surface area (Å²) in [6.45, 7) is 5.04. The van der Waals surface area contributed by atoms with Gasteiger partial charge in [-0.25, -0.2) is 0 Å². The van der Waals surface area contributed by atoms with Crippen LogP contribution in [0.15, 0.2) is 127 Å². The van der Waals surface area contributed by atoms with Crippen molar-refractivity contribution in [2.24, 2.45) is 5.41 Å². The summed E-state index contributed by atoms with van der Waals surface area (Å²) in [5.74, 6) is 0.269. The van der Waals surface area contributed by atoms with E-state index in [1.54, 1.807) is 0 Å². The predicted molar refractivity (Wildman–Crippen MR) is 152 cm³/mol. The van der Waals surface area contributed by atoms with Gasteiger partial charge in [0.15, 0.2) is 5.78 Å². The number of nitrogens with zero attached hydrogens (tertiary/aromatic N) is 2. The number of carbonyl (C=O) groups is 1. The molecule has 0 amide bonds. The van der Waals surface area contributed by atoms with Crippen LogP contribution in [-0.2, 0) is 4.79 Å². The number of anilines is 2. The number of para-hydroxylation sites is 2. The van der Waals surface area contributed by atoms with Gasteiger partial charge in [0.05, 0.1) is 6.54 Å². The van der Waals surface area contributed by atoms with E-state index < -0.39 is 0 Å². The summed E-state index contributed by atoms with van der Waals surface area (Å²) in [6, 6.07) is 40.5. The third kappa shape index (κ3) is 4.46. The van der Waals surface area contributed by atoms with Gasteiger partial charge in [0.2, 0.25) is 0 Å². The fourth-order valence-corrected chi connectivity index (χ4v) is 5.82. The molecule has 3 heteroatoms. The molecule has 3 nitrogen and oxygen atoms in total. The standard InChI is InChI=1S/C34H32N2O/c1-34(2)22-31-30(32(37)23-34)24-35(28-14-8-4-9-15-28)33(36(31)29-16-10-5-11-17-29)27-20-18-26(19-21-27)25-12-6-3-7-13-25/h3-21,33H,22-24H2,1-2H3. The fourth-order valence-electron chi connectivity index (χ4n) is 5.82. The van der Waals surface area contributed by atoms with E-state index in [1.807, 2.05) is 12.1 Å². The van der Waals surface area contributed by atoms with Crippen LogP contribution in [-0.4, -0.2) is 12.3 Å². The molecule has 6 rings (SSSR count). The molecule has 1 aliphatic heterocycles. The van der Waals surface area contributed by atoms with Crippen molar-refractivity contribution < 1.29 is 4.79 Å². The molecule has 0 spiro atoms. The first-order chi connectivity index (χ1) is 18.0. The zero-order chi connectivity index (χ0) is 25.4. The average molecular weight is 485 g/mol. The highest BCUT2D eigenvalue weighted by Gasteiger charge is 2.43. The van der Waals surface area contributed by atoms with Crippen molar-refractivity contribution in [2.45, 2.75) is 32.9 Å². The van der Waals surface area contributed by atoms with Gasteiger partial charge in [0, 0.05) is 29.1 Å². The van der Waals surface area contributed by atoms with Crippen LogP contribution in [0.3, 0.4) is 0 Å². The smallest absolute Gasteiger partial charge is 0.162 e. The van der Waals surface area contributed by atoms with Crippen LogP contribution in [0.4, 0.5) is 11.4 Å². The molecule has 0 bridgehead atoms. The number of ketones is 1. The second kappa shape index (κ2) is 9.40. The van der Waals surface area contributed by atoms with Gasteiger partial charge in [-0.15, -0.1) is 0 Å². The molecule has 0 saturated heterocycles. The monoisotopic (exact) mass is 484 g/mol. The van der Waals surface area contributed by atoms with Crippen LogP contribution in [0.5, 0.6) is 0 Å². The topological polar surface area (TPSA) is 23.6 Å². The Morgan fingerprint density at radius 3 is 1.81 bits per heavy atom. The van der Waals surface area contributed by atoms with E-state index in [9.17, 15) is 4.79 Å². The summed E-state index contributed by atoms with van der Waals surface area (Å²) in [5.41, 5.74) is 7.88. The molecule has 37 heavy (non-hydrogen) atoms. The number of benzene rings is 4. The van der Waals surface area contributed by atoms with Crippen molar-refractivity contribution in [1.29, 1.82) is 0 Å². The summed E-state index contributed by atoms with van der Waals surface area (Å²) in [4.78, 5) is 18.3. The normalized spacial score (nSPS) is 19.1. The molecule has 1 unspecified atom stereocenters. The van der Waals surface area contributed by atoms with Gasteiger partial charge in [0.1, 0.15) is 6.17 Å². The molecule has 1 atom stereocenters. The van der Waals surface area contributed by atoms with Gasteiger partial charge >= 0.3 is 0 Å². The van der Waals surface area contributed by atoms with Crippen LogP contribution in [0.1, 0.15) is 38.4 Å². The molecular formula is C34H32N2O. The SMILES string of the molecule is CC1(C)CC(=O)C2=C(C1)N(c1ccccc1)C(c1ccc(-c3ccccc3)cc1)N(c1ccccc1)C2. The molecule has 4 aromatic rings. The van der Waals surface area contributed by atoms with E-state index in [0.717, 1.165) is 29.1 Å². The minimum atomic E-state index is -0.0740. The molecule has 184 valence electrons. The van der Waals surface area contributed by atoms with Gasteiger partial charge < -0.3 is 9.80 Å². The molecule has 0 fully saturated rings. The van der Waals surface area contributed by atoms with E-state index in [2.05, 4.69) is 127 Å². The van der Waals surface area contributed by atoms with Gasteiger partial charge in [-0.1, -0.05) is 105 Å². The van der Waals surface area contributed by atoms with Gasteiger partial charge in [-0.05, 0) is 52.8 Å². The van der Waals surface area contributed by atoms with Crippen LogP contribution in [0.2, 0.25) is 0 Å². The van der Waals surface area contributed by atoms with Crippen molar-refractivity contribution in [3.63, 3.8) is 0 Å². The van der Waals surface area contributed by atoms with Gasteiger partial charge in [0.25, 0.3) is 0 Å². The molecule has 1 heterocycles. The van der Waals surface area contributed by atoms with Crippen LogP contribution in [0, 0.1) is 5.41 Å². The Bertz CT molecular complexity index is 1420. The fraction of sp³-hybridized carbons (Fsp3) is 0.206. The maximum atomic E-state index is 13.5. The molecule has 4 aromatic carbocycles. The molecule has 0 N–H and O–H groups in total. The van der Waals surface area contributed by atoms with Gasteiger partial charge in [-0.2, -0.15) is 0 Å². The van der Waals surface area contributed by atoms with Crippen LogP contribution in [0.25, 0.3) is 11.1 Å². The van der Waals surface area contributed by atoms with Crippen LogP contribution >= 0.6 is 0 Å². The molecule has 0 saturated carbocycles. The lowest BCUT2D eigenvalue weighted by Gasteiger charge is -2.51. The summed E-state index contributed by atoms with van der Waals surface area (Å²) in [7, 11) is 0. The predicted octanol–water partition coefficient (Wildman–Crippen LogP) is 8.02. The largest absolute Gasteiger partial charge is 0.342 e. The first kappa shape index (κ1) is 23.3. The van der Waals surface area contributed by atoms with Crippen molar-refractivity contribution in [3.8, 4) is 11.1 Å². The first-order valence-corrected chi connectivity index (χ1v) is 13.1. The highest BCUT2D eigenvalue weighted by molar-refractivity contribution is 6.00. The zero-order valence-electron chi connectivity index (χ0n) is 21.5. The molecular weight excluding hydrogens is 452 g/mol. The molecule has 2 aliphatic rings. The number of Topliss-reactive ketones (excluding diaryl/α,β-unsaturated/α-hetero) is 1. The third-order valence-corrected chi connectivity index (χ3v) is 7.57. The maximum Gasteiger partial charge on any atom is 0.162 e. The Kier molecular flexibility index (Phi) is 5.92. The number of hydrogen-bond acceptors (Lipinski definition) is 3. The van der Waals surface area contributed by atoms with E-state index in [-0.39, 0.29) is 17.4 Å². The van der Waals surface area contributed by atoms with E-state index in [1.165, 1.54) is 16.7 Å². The second-order valence-corrected chi connectivity index (χ2v) is 10.9. The Labute approximate surface area is 219 Å². The molecule has 0 radical (unpaired) electrons. The highest BCUT2D eigenvalue weighted by Crippen LogP contribution is 2.48.